The van der Waals surface area contributed by atoms with Crippen molar-refractivity contribution in [3.05, 3.63) is 24.3 Å². The Hall–Kier alpha value is -1.60. The first kappa shape index (κ1) is 15.8. The van der Waals surface area contributed by atoms with E-state index in [4.69, 9.17) is 4.74 Å². The minimum atomic E-state index is -2.86. The van der Waals surface area contributed by atoms with Gasteiger partial charge in [-0.25, -0.2) is 8.42 Å². The molecule has 7 heteroatoms. The third-order valence-corrected chi connectivity index (χ3v) is 5.26. The first-order chi connectivity index (χ1) is 10.00. The molecule has 1 aliphatic heterocycles. The average Bonchev–Trinajstić information content (AvgIpc) is 2.79. The number of methoxy groups -OCH3 is 1. The van der Waals surface area contributed by atoms with Crippen LogP contribution in [0.25, 0.3) is 0 Å². The highest BCUT2D eigenvalue weighted by Gasteiger charge is 2.27. The highest BCUT2D eigenvalue weighted by Crippen LogP contribution is 2.22. The van der Waals surface area contributed by atoms with Gasteiger partial charge in [-0.1, -0.05) is 12.1 Å². The molecule has 0 radical (unpaired) electrons. The normalized spacial score (nSPS) is 20.1. The van der Waals surface area contributed by atoms with Gasteiger partial charge in [0.15, 0.2) is 9.84 Å². The topological polar surface area (TPSA) is 84.5 Å². The molecular formula is C14H20N2O4S. The molecule has 1 fully saturated rings. The SMILES string of the molecule is COc1ccccc1NC(=O)CNCC1CCS(=O)(=O)C1. The fraction of sp³-hybridized carbons (Fsp3) is 0.500. The van der Waals surface area contributed by atoms with Gasteiger partial charge in [0.2, 0.25) is 5.91 Å². The van der Waals surface area contributed by atoms with Crippen molar-refractivity contribution in [2.24, 2.45) is 5.92 Å². The second-order valence-electron chi connectivity index (χ2n) is 5.15. The second kappa shape index (κ2) is 6.91. The lowest BCUT2D eigenvalue weighted by Crippen LogP contribution is -2.32. The number of amides is 1. The molecule has 1 unspecified atom stereocenters. The highest BCUT2D eigenvalue weighted by atomic mass is 32.2. The Morgan fingerprint density at radius 3 is 2.81 bits per heavy atom. The molecule has 1 amide bonds. The lowest BCUT2D eigenvalue weighted by Gasteiger charge is -2.11. The zero-order valence-corrected chi connectivity index (χ0v) is 12.8. The number of carbonyl (C=O) groups excluding carboxylic acids is 1. The van der Waals surface area contributed by atoms with Gasteiger partial charge in [-0.15, -0.1) is 0 Å². The summed E-state index contributed by atoms with van der Waals surface area (Å²) in [5, 5.41) is 5.76. The van der Waals surface area contributed by atoms with Crippen molar-refractivity contribution in [2.45, 2.75) is 6.42 Å². The molecule has 1 heterocycles. The van der Waals surface area contributed by atoms with Gasteiger partial charge in [-0.05, 0) is 31.0 Å². The summed E-state index contributed by atoms with van der Waals surface area (Å²) in [6.07, 6.45) is 0.670. The van der Waals surface area contributed by atoms with Crippen LogP contribution < -0.4 is 15.4 Å². The molecule has 0 bridgehead atoms. The van der Waals surface area contributed by atoms with Gasteiger partial charge in [0.1, 0.15) is 5.75 Å². The Labute approximate surface area is 124 Å². The summed E-state index contributed by atoms with van der Waals surface area (Å²) in [7, 11) is -1.32. The van der Waals surface area contributed by atoms with E-state index in [1.807, 2.05) is 12.1 Å². The van der Waals surface area contributed by atoms with E-state index in [0.717, 1.165) is 0 Å². The predicted molar refractivity (Wildman–Crippen MR) is 81.3 cm³/mol. The van der Waals surface area contributed by atoms with Gasteiger partial charge >= 0.3 is 0 Å². The summed E-state index contributed by atoms with van der Waals surface area (Å²) >= 11 is 0. The van der Waals surface area contributed by atoms with Crippen molar-refractivity contribution in [1.82, 2.24) is 5.32 Å². The monoisotopic (exact) mass is 312 g/mol. The molecule has 116 valence electrons. The first-order valence-corrected chi connectivity index (χ1v) is 8.66. The Kier molecular flexibility index (Phi) is 5.19. The number of sulfone groups is 1. The zero-order chi connectivity index (χ0) is 15.3. The van der Waals surface area contributed by atoms with Gasteiger partial charge < -0.3 is 15.4 Å². The van der Waals surface area contributed by atoms with E-state index in [0.29, 0.717) is 24.4 Å². The summed E-state index contributed by atoms with van der Waals surface area (Å²) < 4.78 is 27.8. The lowest BCUT2D eigenvalue weighted by atomic mass is 10.1. The van der Waals surface area contributed by atoms with E-state index in [1.54, 1.807) is 19.2 Å². The number of hydrogen-bond donors (Lipinski definition) is 2. The number of ether oxygens (including phenoxy) is 1. The van der Waals surface area contributed by atoms with Crippen molar-refractivity contribution in [3.8, 4) is 5.75 Å². The molecule has 21 heavy (non-hydrogen) atoms. The summed E-state index contributed by atoms with van der Waals surface area (Å²) in [6, 6.07) is 7.18. The maximum atomic E-state index is 11.8. The summed E-state index contributed by atoms with van der Waals surface area (Å²) in [5.74, 6) is 1.00. The molecule has 1 aromatic rings. The molecule has 0 spiro atoms. The van der Waals surface area contributed by atoms with Crippen LogP contribution in [0.15, 0.2) is 24.3 Å². The van der Waals surface area contributed by atoms with Gasteiger partial charge in [0.25, 0.3) is 0 Å². The van der Waals surface area contributed by atoms with Crippen molar-refractivity contribution >= 4 is 21.4 Å². The van der Waals surface area contributed by atoms with Crippen LogP contribution in [-0.4, -0.2) is 46.0 Å². The van der Waals surface area contributed by atoms with Gasteiger partial charge in [0.05, 0.1) is 30.8 Å². The largest absolute Gasteiger partial charge is 0.495 e. The second-order valence-corrected chi connectivity index (χ2v) is 7.38. The molecule has 0 aliphatic carbocycles. The van der Waals surface area contributed by atoms with E-state index in [1.165, 1.54) is 0 Å². The van der Waals surface area contributed by atoms with Crippen LogP contribution in [0.3, 0.4) is 0 Å². The standard InChI is InChI=1S/C14H20N2O4S/c1-20-13-5-3-2-4-12(13)16-14(17)9-15-8-11-6-7-21(18,19)10-11/h2-5,11,15H,6-10H2,1H3,(H,16,17). The average molecular weight is 312 g/mol. The Morgan fingerprint density at radius 1 is 1.38 bits per heavy atom. The molecule has 0 aromatic heterocycles. The van der Waals surface area contributed by atoms with E-state index < -0.39 is 9.84 Å². The number of benzene rings is 1. The van der Waals surface area contributed by atoms with E-state index >= 15 is 0 Å². The zero-order valence-electron chi connectivity index (χ0n) is 12.0. The van der Waals surface area contributed by atoms with Crippen molar-refractivity contribution in [2.75, 3.05) is 37.0 Å². The van der Waals surface area contributed by atoms with Gasteiger partial charge in [0, 0.05) is 0 Å². The summed E-state index contributed by atoms with van der Waals surface area (Å²) in [4.78, 5) is 11.8. The van der Waals surface area contributed by atoms with Crippen LogP contribution in [0.1, 0.15) is 6.42 Å². The molecule has 1 aliphatic rings. The number of para-hydroxylation sites is 2. The highest BCUT2D eigenvalue weighted by molar-refractivity contribution is 7.91. The molecule has 6 nitrogen and oxygen atoms in total. The van der Waals surface area contributed by atoms with Crippen LogP contribution in [0, 0.1) is 5.92 Å². The molecule has 2 N–H and O–H groups in total. The molecule has 1 saturated heterocycles. The van der Waals surface area contributed by atoms with E-state index in [9.17, 15) is 13.2 Å². The minimum Gasteiger partial charge on any atom is -0.495 e. The molecule has 2 rings (SSSR count). The van der Waals surface area contributed by atoms with Crippen LogP contribution in [0.4, 0.5) is 5.69 Å². The third-order valence-electron chi connectivity index (χ3n) is 3.43. The van der Waals surface area contributed by atoms with Crippen LogP contribution >= 0.6 is 0 Å². The number of anilines is 1. The lowest BCUT2D eigenvalue weighted by molar-refractivity contribution is -0.115. The number of carbonyl (C=O) groups is 1. The quantitative estimate of drug-likeness (QED) is 0.806. The van der Waals surface area contributed by atoms with Crippen LogP contribution in [0.5, 0.6) is 5.75 Å². The smallest absolute Gasteiger partial charge is 0.238 e. The fourth-order valence-electron chi connectivity index (χ4n) is 2.37. The molecule has 0 saturated carbocycles. The molecule has 1 atom stereocenters. The summed E-state index contributed by atoms with van der Waals surface area (Å²) in [5.41, 5.74) is 0.621. The maximum Gasteiger partial charge on any atom is 0.238 e. The maximum absolute atomic E-state index is 11.8. The van der Waals surface area contributed by atoms with Gasteiger partial charge in [-0.3, -0.25) is 4.79 Å². The number of hydrogen-bond acceptors (Lipinski definition) is 5. The predicted octanol–water partition coefficient (Wildman–Crippen LogP) is 0.658. The van der Waals surface area contributed by atoms with E-state index in [2.05, 4.69) is 10.6 Å². The van der Waals surface area contributed by atoms with Gasteiger partial charge in [-0.2, -0.15) is 0 Å². The molecule has 1 aromatic carbocycles. The molecular weight excluding hydrogens is 292 g/mol. The summed E-state index contributed by atoms with van der Waals surface area (Å²) in [6.45, 7) is 0.688. The number of rotatable bonds is 6. The Morgan fingerprint density at radius 2 is 2.14 bits per heavy atom. The van der Waals surface area contributed by atoms with Crippen LogP contribution in [-0.2, 0) is 14.6 Å². The van der Waals surface area contributed by atoms with Crippen molar-refractivity contribution < 1.29 is 17.9 Å². The third kappa shape index (κ3) is 4.71. The van der Waals surface area contributed by atoms with Crippen LogP contribution in [0.2, 0.25) is 0 Å². The van der Waals surface area contributed by atoms with Crippen molar-refractivity contribution in [1.29, 1.82) is 0 Å². The fourth-order valence-corrected chi connectivity index (χ4v) is 4.23. The first-order valence-electron chi connectivity index (χ1n) is 6.84. The van der Waals surface area contributed by atoms with Crippen molar-refractivity contribution in [3.63, 3.8) is 0 Å². The number of nitrogens with one attached hydrogen (secondary N) is 2. The Balaban J connectivity index is 1.75. The minimum absolute atomic E-state index is 0.106. The van der Waals surface area contributed by atoms with E-state index in [-0.39, 0.29) is 29.9 Å². The Bertz CT molecular complexity index is 601.